The molecule has 23 heavy (non-hydrogen) atoms. The molecular weight excluding hydrogens is 286 g/mol. The highest BCUT2D eigenvalue weighted by atomic mass is 16.2. The van der Waals surface area contributed by atoms with E-state index in [9.17, 15) is 4.79 Å². The molecule has 0 radical (unpaired) electrons. The first kappa shape index (κ1) is 14.0. The van der Waals surface area contributed by atoms with Crippen LogP contribution in [-0.2, 0) is 6.54 Å². The summed E-state index contributed by atoms with van der Waals surface area (Å²) in [5, 5.41) is 0. The van der Waals surface area contributed by atoms with E-state index in [0.717, 1.165) is 17.2 Å². The summed E-state index contributed by atoms with van der Waals surface area (Å²) in [5.41, 5.74) is 2.90. The quantitative estimate of drug-likeness (QED) is 0.853. The molecule has 0 N–H and O–H groups in total. The molecule has 0 bridgehead atoms. The average molecular weight is 305 g/mol. The molecule has 0 saturated carbocycles. The second-order valence-corrected chi connectivity index (χ2v) is 6.17. The second kappa shape index (κ2) is 5.23. The van der Waals surface area contributed by atoms with Crippen LogP contribution in [0.25, 0.3) is 0 Å². The highest BCUT2D eigenvalue weighted by molar-refractivity contribution is 6.19. The molecule has 4 heteroatoms. The molecule has 2 unspecified atom stereocenters. The van der Waals surface area contributed by atoms with E-state index in [1.54, 1.807) is 0 Å². The van der Waals surface area contributed by atoms with Crippen LogP contribution >= 0.6 is 0 Å². The topological polar surface area (TPSA) is 35.9 Å². The number of carbonyl (C=O) groups is 1. The van der Waals surface area contributed by atoms with E-state index < -0.39 is 0 Å². The minimum absolute atomic E-state index is 0.0560. The Bertz CT molecular complexity index is 784. The maximum Gasteiger partial charge on any atom is 0.263 e. The number of carbonyl (C=O) groups excluding carboxylic acids is 1. The molecule has 2 aliphatic heterocycles. The van der Waals surface area contributed by atoms with Gasteiger partial charge in [-0.15, -0.1) is 0 Å². The Hall–Kier alpha value is -2.62. The van der Waals surface area contributed by atoms with Gasteiger partial charge in [-0.1, -0.05) is 42.5 Å². The van der Waals surface area contributed by atoms with Crippen LogP contribution in [0.4, 0.5) is 5.69 Å². The molecule has 0 aromatic heterocycles. The fourth-order valence-electron chi connectivity index (χ4n) is 3.27. The van der Waals surface area contributed by atoms with Gasteiger partial charge in [-0.25, -0.2) is 4.99 Å². The third kappa shape index (κ3) is 2.13. The van der Waals surface area contributed by atoms with Crippen LogP contribution in [0.5, 0.6) is 0 Å². The number of amides is 1. The van der Waals surface area contributed by atoms with Gasteiger partial charge in [-0.3, -0.25) is 9.69 Å². The van der Waals surface area contributed by atoms with Crippen molar-refractivity contribution in [2.75, 3.05) is 4.90 Å². The van der Waals surface area contributed by atoms with Crippen LogP contribution in [0.15, 0.2) is 59.6 Å². The molecule has 2 aromatic carbocycles. The molecule has 0 aliphatic carbocycles. The number of nitrogens with zero attached hydrogens (tertiary/aromatic N) is 3. The lowest BCUT2D eigenvalue weighted by atomic mass is 10.0. The monoisotopic (exact) mass is 305 g/mol. The molecule has 4 nitrogen and oxygen atoms in total. The van der Waals surface area contributed by atoms with E-state index in [1.807, 2.05) is 47.4 Å². The number of rotatable bonds is 2. The fourth-order valence-corrected chi connectivity index (χ4v) is 3.27. The van der Waals surface area contributed by atoms with Crippen molar-refractivity contribution < 1.29 is 4.79 Å². The fraction of sp³-hybridized carbons (Fsp3) is 0.263. The summed E-state index contributed by atoms with van der Waals surface area (Å²) in [7, 11) is 0. The number of benzene rings is 2. The standard InChI is InChI=1S/C19H19N3O/c1-13-14(2)22-18(23)16-10-6-7-11-17(16)21(19(22)20-13)12-15-8-4-3-5-9-15/h3-11,13-14H,12H2,1-2H3. The van der Waals surface area contributed by atoms with Crippen molar-refractivity contribution in [3.63, 3.8) is 0 Å². The van der Waals surface area contributed by atoms with Crippen molar-refractivity contribution in [1.29, 1.82) is 0 Å². The van der Waals surface area contributed by atoms with E-state index in [4.69, 9.17) is 4.99 Å². The zero-order valence-electron chi connectivity index (χ0n) is 13.3. The molecule has 2 atom stereocenters. The normalized spacial score (nSPS) is 22.7. The van der Waals surface area contributed by atoms with Crippen LogP contribution in [-0.4, -0.2) is 28.9 Å². The lowest BCUT2D eigenvalue weighted by Gasteiger charge is -2.38. The predicted octanol–water partition coefficient (Wildman–Crippen LogP) is 3.30. The Kier molecular flexibility index (Phi) is 3.18. The first-order valence-corrected chi connectivity index (χ1v) is 7.98. The molecule has 0 fully saturated rings. The molecular formula is C19H19N3O. The SMILES string of the molecule is CC1N=C2N(Cc3ccccc3)c3ccccc3C(=O)N2C1C. The molecule has 0 spiro atoms. The zero-order chi connectivity index (χ0) is 16.0. The van der Waals surface area contributed by atoms with Gasteiger partial charge in [0.25, 0.3) is 5.91 Å². The van der Waals surface area contributed by atoms with Crippen LogP contribution < -0.4 is 4.90 Å². The number of guanidine groups is 1. The summed E-state index contributed by atoms with van der Waals surface area (Å²) in [6.45, 7) is 4.84. The molecule has 1 amide bonds. The number of fused-ring (bicyclic) bond motifs is 2. The Balaban J connectivity index is 1.83. The number of anilines is 1. The average Bonchev–Trinajstić information content (AvgIpc) is 2.88. The van der Waals surface area contributed by atoms with Crippen molar-refractivity contribution >= 4 is 17.6 Å². The molecule has 116 valence electrons. The van der Waals surface area contributed by atoms with Crippen LogP contribution in [0.1, 0.15) is 29.8 Å². The minimum Gasteiger partial charge on any atom is -0.307 e. The first-order valence-electron chi connectivity index (χ1n) is 7.98. The first-order chi connectivity index (χ1) is 11.2. The second-order valence-electron chi connectivity index (χ2n) is 6.17. The maximum atomic E-state index is 12.9. The largest absolute Gasteiger partial charge is 0.307 e. The summed E-state index contributed by atoms with van der Waals surface area (Å²) in [6, 6.07) is 18.3. The molecule has 0 saturated heterocycles. The number of para-hydroxylation sites is 1. The third-order valence-electron chi connectivity index (χ3n) is 4.71. The molecule has 2 aromatic rings. The van der Waals surface area contributed by atoms with Crippen LogP contribution in [0.3, 0.4) is 0 Å². The number of hydrogen-bond acceptors (Lipinski definition) is 3. The van der Waals surface area contributed by atoms with Gasteiger partial charge in [-0.2, -0.15) is 0 Å². The van der Waals surface area contributed by atoms with Gasteiger partial charge in [0.1, 0.15) is 0 Å². The van der Waals surface area contributed by atoms with Gasteiger partial charge in [0, 0.05) is 0 Å². The number of hydrogen-bond donors (Lipinski definition) is 0. The Morgan fingerprint density at radius 3 is 2.48 bits per heavy atom. The van der Waals surface area contributed by atoms with Gasteiger partial charge >= 0.3 is 0 Å². The van der Waals surface area contributed by atoms with E-state index in [0.29, 0.717) is 6.54 Å². The number of aliphatic imine (C=N–C) groups is 1. The summed E-state index contributed by atoms with van der Waals surface area (Å²) in [6.07, 6.45) is 0. The minimum atomic E-state index is 0.0560. The van der Waals surface area contributed by atoms with Crippen molar-refractivity contribution in [3.05, 3.63) is 65.7 Å². The summed E-state index contributed by atoms with van der Waals surface area (Å²) >= 11 is 0. The van der Waals surface area contributed by atoms with Gasteiger partial charge in [-0.05, 0) is 31.5 Å². The summed E-state index contributed by atoms with van der Waals surface area (Å²) < 4.78 is 0. The molecule has 2 heterocycles. The predicted molar refractivity (Wildman–Crippen MR) is 91.6 cm³/mol. The molecule has 2 aliphatic rings. The molecule has 4 rings (SSSR count). The van der Waals surface area contributed by atoms with E-state index in [2.05, 4.69) is 30.9 Å². The Morgan fingerprint density at radius 2 is 1.70 bits per heavy atom. The zero-order valence-corrected chi connectivity index (χ0v) is 13.3. The van der Waals surface area contributed by atoms with Crippen LogP contribution in [0.2, 0.25) is 0 Å². The van der Waals surface area contributed by atoms with Gasteiger partial charge in [0.15, 0.2) is 0 Å². The lowest BCUT2D eigenvalue weighted by molar-refractivity contribution is 0.0809. The Morgan fingerprint density at radius 1 is 1.00 bits per heavy atom. The highest BCUT2D eigenvalue weighted by Gasteiger charge is 2.43. The van der Waals surface area contributed by atoms with Gasteiger partial charge in [0.2, 0.25) is 5.96 Å². The Labute approximate surface area is 136 Å². The van der Waals surface area contributed by atoms with Crippen molar-refractivity contribution in [2.24, 2.45) is 4.99 Å². The van der Waals surface area contributed by atoms with Crippen LogP contribution in [0, 0.1) is 0 Å². The summed E-state index contributed by atoms with van der Waals surface area (Å²) in [5.74, 6) is 0.832. The summed E-state index contributed by atoms with van der Waals surface area (Å²) in [4.78, 5) is 21.6. The van der Waals surface area contributed by atoms with E-state index in [1.165, 1.54) is 5.56 Å². The smallest absolute Gasteiger partial charge is 0.263 e. The van der Waals surface area contributed by atoms with Crippen molar-refractivity contribution in [3.8, 4) is 0 Å². The van der Waals surface area contributed by atoms with Gasteiger partial charge in [0.05, 0.1) is 29.9 Å². The van der Waals surface area contributed by atoms with E-state index >= 15 is 0 Å². The third-order valence-corrected chi connectivity index (χ3v) is 4.71. The van der Waals surface area contributed by atoms with Crippen molar-refractivity contribution in [2.45, 2.75) is 32.5 Å². The highest BCUT2D eigenvalue weighted by Crippen LogP contribution is 2.34. The van der Waals surface area contributed by atoms with Gasteiger partial charge < -0.3 is 4.90 Å². The lowest BCUT2D eigenvalue weighted by Crippen LogP contribution is -2.52. The maximum absolute atomic E-state index is 12.9. The van der Waals surface area contributed by atoms with Crippen molar-refractivity contribution in [1.82, 2.24) is 4.90 Å². The van der Waals surface area contributed by atoms with E-state index in [-0.39, 0.29) is 18.0 Å².